The molecule has 4 nitrogen and oxygen atoms in total. The first kappa shape index (κ1) is 15.2. The van der Waals surface area contributed by atoms with Crippen LogP contribution >= 0.6 is 0 Å². The smallest absolute Gasteiger partial charge is 0.119 e. The quantitative estimate of drug-likeness (QED) is 0.783. The Hall–Kier alpha value is -2.30. The van der Waals surface area contributed by atoms with E-state index in [9.17, 15) is 0 Å². The zero-order valence-electron chi connectivity index (χ0n) is 13.8. The average molecular weight is 321 g/mol. The first-order chi connectivity index (χ1) is 11.9. The summed E-state index contributed by atoms with van der Waals surface area (Å²) in [6, 6.07) is 16.8. The minimum Gasteiger partial charge on any atom is -0.492 e. The van der Waals surface area contributed by atoms with Crippen LogP contribution in [-0.2, 0) is 0 Å². The predicted octanol–water partition coefficient (Wildman–Crippen LogP) is 2.89. The lowest BCUT2D eigenvalue weighted by atomic mass is 10.1. The lowest BCUT2D eigenvalue weighted by Crippen LogP contribution is -2.44. The third-order valence-electron chi connectivity index (χ3n) is 4.58. The number of hydrogen-bond acceptors (Lipinski definition) is 3. The number of fused-ring (bicyclic) bond motifs is 1. The molecule has 24 heavy (non-hydrogen) atoms. The van der Waals surface area contributed by atoms with Gasteiger partial charge in [0.05, 0.1) is 0 Å². The van der Waals surface area contributed by atoms with E-state index >= 15 is 0 Å². The number of ether oxygens (including phenoxy) is 1. The topological polar surface area (TPSA) is 28.9 Å². The van der Waals surface area contributed by atoms with Crippen LogP contribution in [0.4, 0.5) is 0 Å². The fourth-order valence-corrected chi connectivity index (χ4v) is 3.18. The zero-order chi connectivity index (χ0) is 16.2. The Morgan fingerprint density at radius 3 is 2.58 bits per heavy atom. The minimum atomic E-state index is 0.745. The highest BCUT2D eigenvalue weighted by Crippen LogP contribution is 2.24. The number of nitrogens with one attached hydrogen (secondary N) is 1. The first-order valence-electron chi connectivity index (χ1n) is 8.61. The number of hydrogen-bond donors (Lipinski definition) is 1. The Labute approximate surface area is 142 Å². The predicted molar refractivity (Wildman–Crippen MR) is 97.6 cm³/mol. The van der Waals surface area contributed by atoms with Gasteiger partial charge in [0.25, 0.3) is 0 Å². The standard InChI is InChI=1S/C20H23N3O/c1-2-10-23-16-18(15-19(23)3-1)17-4-6-20(7-5-17)24-14-13-22-11-8-21-9-12-22/h1-7,10,15-16,21H,8-9,11-14H2. The second-order valence-electron chi connectivity index (χ2n) is 6.23. The number of aromatic nitrogens is 1. The van der Waals surface area contributed by atoms with Crippen molar-refractivity contribution in [3.05, 3.63) is 60.9 Å². The molecule has 0 saturated carbocycles. The van der Waals surface area contributed by atoms with Crippen LogP contribution in [0.3, 0.4) is 0 Å². The highest BCUT2D eigenvalue weighted by molar-refractivity contribution is 5.70. The molecule has 1 saturated heterocycles. The van der Waals surface area contributed by atoms with Crippen molar-refractivity contribution in [2.24, 2.45) is 0 Å². The van der Waals surface area contributed by atoms with Crippen molar-refractivity contribution in [1.29, 1.82) is 0 Å². The molecule has 2 aromatic heterocycles. The molecule has 1 fully saturated rings. The van der Waals surface area contributed by atoms with Gasteiger partial charge in [-0.15, -0.1) is 0 Å². The van der Waals surface area contributed by atoms with E-state index in [1.165, 1.54) is 16.6 Å². The van der Waals surface area contributed by atoms with Gasteiger partial charge in [0.2, 0.25) is 0 Å². The fraction of sp³-hybridized carbons (Fsp3) is 0.300. The maximum absolute atomic E-state index is 5.89. The summed E-state index contributed by atoms with van der Waals surface area (Å²) in [5.41, 5.74) is 3.66. The molecule has 4 rings (SSSR count). The summed E-state index contributed by atoms with van der Waals surface area (Å²) in [6.45, 7) is 6.14. The maximum Gasteiger partial charge on any atom is 0.119 e. The van der Waals surface area contributed by atoms with E-state index < -0.39 is 0 Å². The Balaban J connectivity index is 1.37. The van der Waals surface area contributed by atoms with Gasteiger partial charge in [-0.05, 0) is 35.9 Å². The molecule has 0 amide bonds. The second kappa shape index (κ2) is 7.07. The minimum absolute atomic E-state index is 0.745. The third kappa shape index (κ3) is 3.45. The van der Waals surface area contributed by atoms with Crippen LogP contribution in [-0.4, -0.2) is 48.6 Å². The molecule has 124 valence electrons. The van der Waals surface area contributed by atoms with E-state index in [0.29, 0.717) is 0 Å². The molecular weight excluding hydrogens is 298 g/mol. The van der Waals surface area contributed by atoms with Crippen LogP contribution in [0.1, 0.15) is 0 Å². The van der Waals surface area contributed by atoms with Gasteiger partial charge >= 0.3 is 0 Å². The van der Waals surface area contributed by atoms with Crippen LogP contribution in [0, 0.1) is 0 Å². The van der Waals surface area contributed by atoms with Gasteiger partial charge in [-0.25, -0.2) is 0 Å². The van der Waals surface area contributed by atoms with Crippen molar-refractivity contribution >= 4 is 5.52 Å². The van der Waals surface area contributed by atoms with Crippen molar-refractivity contribution in [2.75, 3.05) is 39.3 Å². The molecule has 1 N–H and O–H groups in total. The number of rotatable bonds is 5. The summed E-state index contributed by atoms with van der Waals surface area (Å²) in [7, 11) is 0. The van der Waals surface area contributed by atoms with Crippen molar-refractivity contribution in [3.8, 4) is 16.9 Å². The summed E-state index contributed by atoms with van der Waals surface area (Å²) in [5.74, 6) is 0.942. The van der Waals surface area contributed by atoms with Crippen LogP contribution in [0.2, 0.25) is 0 Å². The maximum atomic E-state index is 5.89. The zero-order valence-corrected chi connectivity index (χ0v) is 13.8. The molecule has 3 aromatic rings. The van der Waals surface area contributed by atoms with E-state index in [2.05, 4.69) is 69.5 Å². The summed E-state index contributed by atoms with van der Waals surface area (Å²) in [5, 5.41) is 3.37. The lowest BCUT2D eigenvalue weighted by molar-refractivity contribution is 0.191. The third-order valence-corrected chi connectivity index (χ3v) is 4.58. The SMILES string of the molecule is c1ccn2cc(-c3ccc(OCCN4CCNCC4)cc3)cc2c1. The van der Waals surface area contributed by atoms with Gasteiger partial charge in [0, 0.05) is 56.2 Å². The van der Waals surface area contributed by atoms with Crippen LogP contribution in [0.25, 0.3) is 16.6 Å². The van der Waals surface area contributed by atoms with Gasteiger partial charge in [-0.3, -0.25) is 4.90 Å². The normalized spacial score (nSPS) is 15.7. The largest absolute Gasteiger partial charge is 0.492 e. The van der Waals surface area contributed by atoms with Gasteiger partial charge in [0.1, 0.15) is 12.4 Å². The van der Waals surface area contributed by atoms with Gasteiger partial charge in [0.15, 0.2) is 0 Å². The first-order valence-corrected chi connectivity index (χ1v) is 8.61. The molecule has 1 aromatic carbocycles. The van der Waals surface area contributed by atoms with Gasteiger partial charge in [-0.1, -0.05) is 18.2 Å². The molecule has 0 bridgehead atoms. The number of benzene rings is 1. The van der Waals surface area contributed by atoms with Crippen molar-refractivity contribution in [2.45, 2.75) is 0 Å². The Kier molecular flexibility index (Phi) is 4.49. The molecule has 1 aliphatic rings. The van der Waals surface area contributed by atoms with Crippen molar-refractivity contribution in [1.82, 2.24) is 14.6 Å². The van der Waals surface area contributed by atoms with Crippen LogP contribution in [0.15, 0.2) is 60.9 Å². The van der Waals surface area contributed by atoms with E-state index in [4.69, 9.17) is 4.74 Å². The Bertz CT molecular complexity index is 755. The van der Waals surface area contributed by atoms with Crippen molar-refractivity contribution in [3.63, 3.8) is 0 Å². The van der Waals surface area contributed by atoms with E-state index in [0.717, 1.165) is 45.1 Å². The van der Waals surface area contributed by atoms with Gasteiger partial charge in [-0.2, -0.15) is 0 Å². The second-order valence-corrected chi connectivity index (χ2v) is 6.23. The number of nitrogens with zero attached hydrogens (tertiary/aromatic N) is 2. The molecule has 3 heterocycles. The average Bonchev–Trinajstić information content (AvgIpc) is 3.07. The summed E-state index contributed by atoms with van der Waals surface area (Å²) in [6.07, 6.45) is 4.24. The Morgan fingerprint density at radius 1 is 0.958 bits per heavy atom. The highest BCUT2D eigenvalue weighted by Gasteiger charge is 2.09. The van der Waals surface area contributed by atoms with E-state index in [-0.39, 0.29) is 0 Å². The fourth-order valence-electron chi connectivity index (χ4n) is 3.18. The van der Waals surface area contributed by atoms with E-state index in [1.54, 1.807) is 0 Å². The van der Waals surface area contributed by atoms with Crippen LogP contribution in [0.5, 0.6) is 5.75 Å². The van der Waals surface area contributed by atoms with E-state index in [1.807, 2.05) is 6.07 Å². The highest BCUT2D eigenvalue weighted by atomic mass is 16.5. The molecule has 0 spiro atoms. The molecule has 0 unspecified atom stereocenters. The molecule has 1 aliphatic heterocycles. The summed E-state index contributed by atoms with van der Waals surface area (Å²) < 4.78 is 8.04. The molecule has 4 heteroatoms. The molecule has 0 aliphatic carbocycles. The Morgan fingerprint density at radius 2 is 1.79 bits per heavy atom. The number of pyridine rings is 1. The van der Waals surface area contributed by atoms with Gasteiger partial charge < -0.3 is 14.5 Å². The summed E-state index contributed by atoms with van der Waals surface area (Å²) in [4.78, 5) is 2.44. The number of piperazine rings is 1. The van der Waals surface area contributed by atoms with Crippen LogP contribution < -0.4 is 10.1 Å². The monoisotopic (exact) mass is 321 g/mol. The molecule has 0 atom stereocenters. The lowest BCUT2D eigenvalue weighted by Gasteiger charge is -2.26. The molecular formula is C20H23N3O. The molecule has 0 radical (unpaired) electrons. The van der Waals surface area contributed by atoms with Crippen molar-refractivity contribution < 1.29 is 4.74 Å². The summed E-state index contributed by atoms with van der Waals surface area (Å²) >= 11 is 0.